The van der Waals surface area contributed by atoms with Gasteiger partial charge in [-0.1, -0.05) is 0 Å². The highest BCUT2D eigenvalue weighted by molar-refractivity contribution is 7.79. The van der Waals surface area contributed by atoms with Crippen LogP contribution in [0, 0.1) is 0 Å². The molecule has 0 aliphatic heterocycles. The maximum absolute atomic E-state index is 8.74. The van der Waals surface area contributed by atoms with Gasteiger partial charge >= 0.3 is 10.4 Å². The molecule has 0 atom stereocenters. The van der Waals surface area contributed by atoms with E-state index in [1.165, 1.54) is 19.0 Å². The number of nitrogens with zero attached hydrogens (tertiary/aromatic N) is 3. The molecule has 7 nitrogen and oxygen atoms in total. The second-order valence-corrected chi connectivity index (χ2v) is 2.14. The minimum absolute atomic E-state index is 1.44. The second kappa shape index (κ2) is 4.66. The summed E-state index contributed by atoms with van der Waals surface area (Å²) in [6, 6.07) is 0. The fourth-order valence-corrected chi connectivity index (χ4v) is 0.205. The maximum Gasteiger partial charge on any atom is 0.394 e. The Balaban J connectivity index is 0.000000187. The summed E-state index contributed by atoms with van der Waals surface area (Å²) in [5, 5.41) is 0. The summed E-state index contributed by atoms with van der Waals surface area (Å²) in [5.41, 5.74) is 0. The smallest absolute Gasteiger partial charge is 0.264 e. The van der Waals surface area contributed by atoms with Gasteiger partial charge in [0.15, 0.2) is 0 Å². The zero-order valence-electron chi connectivity index (χ0n) is 5.19. The molecule has 62 valence electrons. The van der Waals surface area contributed by atoms with Crippen LogP contribution in [-0.4, -0.2) is 32.5 Å². The van der Waals surface area contributed by atoms with E-state index in [-0.39, 0.29) is 0 Å². The van der Waals surface area contributed by atoms with Gasteiger partial charge in [-0.2, -0.15) is 8.42 Å². The predicted octanol–water partition coefficient (Wildman–Crippen LogP) is -0.781. The lowest BCUT2D eigenvalue weighted by Crippen LogP contribution is -1.89. The van der Waals surface area contributed by atoms with Crippen LogP contribution in [0.3, 0.4) is 0 Å². The van der Waals surface area contributed by atoms with Crippen molar-refractivity contribution in [3.05, 3.63) is 19.0 Å². The largest absolute Gasteiger partial charge is 0.394 e. The molecule has 1 heterocycles. The van der Waals surface area contributed by atoms with E-state index in [0.29, 0.717) is 0 Å². The van der Waals surface area contributed by atoms with Crippen molar-refractivity contribution in [2.75, 3.05) is 0 Å². The Bertz CT molecular complexity index is 237. The summed E-state index contributed by atoms with van der Waals surface area (Å²) < 4.78 is 31.6. The Labute approximate surface area is 62.7 Å². The van der Waals surface area contributed by atoms with Crippen LogP contribution in [0.25, 0.3) is 0 Å². The Hall–Kier alpha value is -1.12. The standard InChI is InChI=1S/C3H3N3.H2O4S/c1-4-2-6-3-5-1;1-5(2,3)4/h1-3H;(H2,1,2,3,4). The fraction of sp³-hybridized carbons (Fsp3) is 0. The third-order valence-electron chi connectivity index (χ3n) is 0.400. The molecule has 0 radical (unpaired) electrons. The third kappa shape index (κ3) is 17.7. The van der Waals surface area contributed by atoms with Crippen molar-refractivity contribution in [2.24, 2.45) is 0 Å². The van der Waals surface area contributed by atoms with E-state index in [4.69, 9.17) is 17.5 Å². The first-order valence-corrected chi connectivity index (χ1v) is 3.64. The highest BCUT2D eigenvalue weighted by atomic mass is 32.3. The molecule has 8 heteroatoms. The van der Waals surface area contributed by atoms with E-state index in [0.717, 1.165) is 0 Å². The van der Waals surface area contributed by atoms with Gasteiger partial charge in [0.25, 0.3) is 0 Å². The average molecular weight is 179 g/mol. The van der Waals surface area contributed by atoms with Gasteiger partial charge < -0.3 is 0 Å². The van der Waals surface area contributed by atoms with Crippen LogP contribution < -0.4 is 0 Å². The molecule has 0 saturated carbocycles. The van der Waals surface area contributed by atoms with Crippen molar-refractivity contribution in [1.82, 2.24) is 15.0 Å². The predicted molar refractivity (Wildman–Crippen MR) is 34.0 cm³/mol. The molecule has 2 N–H and O–H groups in total. The van der Waals surface area contributed by atoms with E-state index >= 15 is 0 Å². The van der Waals surface area contributed by atoms with Crippen LogP contribution >= 0.6 is 0 Å². The summed E-state index contributed by atoms with van der Waals surface area (Å²) >= 11 is 0. The van der Waals surface area contributed by atoms with Crippen LogP contribution in [0.2, 0.25) is 0 Å². The zero-order chi connectivity index (χ0) is 8.74. The van der Waals surface area contributed by atoms with Gasteiger partial charge in [-0.15, -0.1) is 0 Å². The van der Waals surface area contributed by atoms with Crippen LogP contribution in [0.5, 0.6) is 0 Å². The minimum atomic E-state index is -4.67. The van der Waals surface area contributed by atoms with E-state index in [1.54, 1.807) is 0 Å². The molecular formula is C3H5N3O4S. The summed E-state index contributed by atoms with van der Waals surface area (Å²) in [6.07, 6.45) is 4.31. The molecule has 0 fully saturated rings. The van der Waals surface area contributed by atoms with Crippen molar-refractivity contribution in [3.8, 4) is 0 Å². The lowest BCUT2D eigenvalue weighted by molar-refractivity contribution is 0.381. The highest BCUT2D eigenvalue weighted by Gasteiger charge is 1.84. The molecule has 0 spiro atoms. The monoisotopic (exact) mass is 179 g/mol. The van der Waals surface area contributed by atoms with Gasteiger partial charge in [0.05, 0.1) is 0 Å². The Morgan fingerprint density at radius 1 is 0.909 bits per heavy atom. The van der Waals surface area contributed by atoms with Gasteiger partial charge in [-0.25, -0.2) is 15.0 Å². The highest BCUT2D eigenvalue weighted by Crippen LogP contribution is 1.59. The normalized spacial score (nSPS) is 9.64. The Kier molecular flexibility index (Phi) is 4.18. The van der Waals surface area contributed by atoms with Crippen LogP contribution in [0.1, 0.15) is 0 Å². The van der Waals surface area contributed by atoms with Gasteiger partial charge in [0.1, 0.15) is 19.0 Å². The number of rotatable bonds is 0. The molecule has 0 unspecified atom stereocenters. The lowest BCUT2D eigenvalue weighted by atomic mass is 11.1. The molecule has 0 amide bonds. The molecule has 0 saturated heterocycles. The fourth-order valence-electron chi connectivity index (χ4n) is 0.205. The summed E-state index contributed by atoms with van der Waals surface area (Å²) in [6.45, 7) is 0. The van der Waals surface area contributed by atoms with Crippen LogP contribution in [0.4, 0.5) is 0 Å². The summed E-state index contributed by atoms with van der Waals surface area (Å²) in [4.78, 5) is 10.7. The first-order chi connectivity index (χ1) is 5.00. The molecule has 0 aliphatic carbocycles. The number of aromatic nitrogens is 3. The molecule has 1 aromatic rings. The zero-order valence-corrected chi connectivity index (χ0v) is 6.01. The maximum atomic E-state index is 8.74. The molecule has 11 heavy (non-hydrogen) atoms. The van der Waals surface area contributed by atoms with E-state index < -0.39 is 10.4 Å². The number of hydrogen-bond acceptors (Lipinski definition) is 5. The topological polar surface area (TPSA) is 113 Å². The van der Waals surface area contributed by atoms with E-state index in [9.17, 15) is 0 Å². The van der Waals surface area contributed by atoms with Crippen molar-refractivity contribution in [3.63, 3.8) is 0 Å². The van der Waals surface area contributed by atoms with Gasteiger partial charge in [-0.3, -0.25) is 9.11 Å². The summed E-state index contributed by atoms with van der Waals surface area (Å²) in [5.74, 6) is 0. The molecule has 0 aliphatic rings. The van der Waals surface area contributed by atoms with Gasteiger partial charge in [-0.05, 0) is 0 Å². The van der Waals surface area contributed by atoms with Gasteiger partial charge in [0, 0.05) is 0 Å². The molecular weight excluding hydrogens is 174 g/mol. The first-order valence-electron chi connectivity index (χ1n) is 2.25. The molecule has 0 bridgehead atoms. The van der Waals surface area contributed by atoms with Crippen LogP contribution in [-0.2, 0) is 10.4 Å². The number of hydrogen-bond donors (Lipinski definition) is 2. The molecule has 1 rings (SSSR count). The van der Waals surface area contributed by atoms with Crippen molar-refractivity contribution >= 4 is 10.4 Å². The second-order valence-electron chi connectivity index (χ2n) is 1.24. The Morgan fingerprint density at radius 2 is 1.09 bits per heavy atom. The SMILES string of the molecule is O=S(=O)(O)O.c1ncncn1. The van der Waals surface area contributed by atoms with E-state index in [1.807, 2.05) is 0 Å². The molecule has 0 aromatic carbocycles. The van der Waals surface area contributed by atoms with E-state index in [2.05, 4.69) is 15.0 Å². The van der Waals surface area contributed by atoms with Gasteiger partial charge in [0.2, 0.25) is 0 Å². The Morgan fingerprint density at radius 3 is 1.18 bits per heavy atom. The van der Waals surface area contributed by atoms with Crippen molar-refractivity contribution < 1.29 is 17.5 Å². The summed E-state index contributed by atoms with van der Waals surface area (Å²) in [7, 11) is -4.67. The van der Waals surface area contributed by atoms with Crippen molar-refractivity contribution in [2.45, 2.75) is 0 Å². The average Bonchev–Trinajstić information content (AvgIpc) is 1.88. The minimum Gasteiger partial charge on any atom is -0.264 e. The molecule has 1 aromatic heterocycles. The quantitative estimate of drug-likeness (QED) is 0.502. The lowest BCUT2D eigenvalue weighted by Gasteiger charge is -1.69. The van der Waals surface area contributed by atoms with Crippen LogP contribution in [0.15, 0.2) is 19.0 Å². The third-order valence-corrected chi connectivity index (χ3v) is 0.400. The first kappa shape index (κ1) is 9.88. The van der Waals surface area contributed by atoms with Crippen molar-refractivity contribution in [1.29, 1.82) is 0 Å².